The average Bonchev–Trinajstić information content (AvgIpc) is 2.55. The van der Waals surface area contributed by atoms with Crippen LogP contribution in [0.15, 0.2) is 16.7 Å². The van der Waals surface area contributed by atoms with Crippen LogP contribution in [0.4, 0.5) is 4.39 Å². The molecule has 0 saturated heterocycles. The molecule has 0 aromatic carbocycles. The maximum Gasteiger partial charge on any atom is 0.168 e. The van der Waals surface area contributed by atoms with Gasteiger partial charge in [0, 0.05) is 6.07 Å². The maximum absolute atomic E-state index is 12.1. The molecule has 0 aliphatic heterocycles. The van der Waals surface area contributed by atoms with Crippen LogP contribution in [-0.4, -0.2) is 5.16 Å². The van der Waals surface area contributed by atoms with Crippen LogP contribution in [0.3, 0.4) is 0 Å². The van der Waals surface area contributed by atoms with Gasteiger partial charge in [-0.3, -0.25) is 0 Å². The first-order chi connectivity index (χ1) is 5.81. The van der Waals surface area contributed by atoms with Crippen LogP contribution < -0.4 is 0 Å². The second-order valence-electron chi connectivity index (χ2n) is 2.48. The lowest BCUT2D eigenvalue weighted by Gasteiger charge is -1.94. The zero-order valence-corrected chi connectivity index (χ0v) is 7.30. The molecule has 0 N–H and O–H groups in total. The van der Waals surface area contributed by atoms with E-state index in [9.17, 15) is 4.39 Å². The Morgan fingerprint density at radius 1 is 1.75 bits per heavy atom. The van der Waals surface area contributed by atoms with Gasteiger partial charge in [-0.1, -0.05) is 18.2 Å². The van der Waals surface area contributed by atoms with Gasteiger partial charge in [-0.2, -0.15) is 0 Å². The van der Waals surface area contributed by atoms with E-state index in [0.717, 1.165) is 17.7 Å². The van der Waals surface area contributed by atoms with E-state index in [1.807, 2.05) is 19.9 Å². The second kappa shape index (κ2) is 4.04. The molecule has 1 rings (SSSR count). The van der Waals surface area contributed by atoms with Crippen LogP contribution in [0.5, 0.6) is 0 Å². The van der Waals surface area contributed by atoms with Crippen molar-refractivity contribution >= 4 is 5.57 Å². The van der Waals surface area contributed by atoms with E-state index in [1.54, 1.807) is 6.07 Å². The summed E-state index contributed by atoms with van der Waals surface area (Å²) < 4.78 is 16.8. The van der Waals surface area contributed by atoms with Crippen LogP contribution in [-0.2, 0) is 6.67 Å². The van der Waals surface area contributed by atoms with Crippen LogP contribution in [0, 0.1) is 0 Å². The summed E-state index contributed by atoms with van der Waals surface area (Å²) in [5.41, 5.74) is 1.83. The van der Waals surface area contributed by atoms with Gasteiger partial charge in [0.15, 0.2) is 5.76 Å². The molecule has 12 heavy (non-hydrogen) atoms. The van der Waals surface area contributed by atoms with Crippen molar-refractivity contribution in [3.8, 4) is 0 Å². The normalized spacial score (nSPS) is 12.1. The Morgan fingerprint density at radius 2 is 2.50 bits per heavy atom. The summed E-state index contributed by atoms with van der Waals surface area (Å²) >= 11 is 0. The van der Waals surface area contributed by atoms with Gasteiger partial charge in [-0.05, 0) is 18.9 Å². The molecule has 0 atom stereocenters. The van der Waals surface area contributed by atoms with Gasteiger partial charge in [0.2, 0.25) is 0 Å². The van der Waals surface area contributed by atoms with Crippen molar-refractivity contribution < 1.29 is 8.91 Å². The van der Waals surface area contributed by atoms with Gasteiger partial charge in [0.1, 0.15) is 12.4 Å². The summed E-state index contributed by atoms with van der Waals surface area (Å²) in [6, 6.07) is 1.64. The smallest absolute Gasteiger partial charge is 0.168 e. The lowest BCUT2D eigenvalue weighted by Crippen LogP contribution is -1.80. The summed E-state index contributed by atoms with van der Waals surface area (Å²) in [4.78, 5) is 0. The van der Waals surface area contributed by atoms with E-state index in [4.69, 9.17) is 4.52 Å². The predicted molar refractivity (Wildman–Crippen MR) is 45.3 cm³/mol. The third-order valence-electron chi connectivity index (χ3n) is 1.75. The van der Waals surface area contributed by atoms with E-state index in [1.165, 1.54) is 0 Å². The molecular weight excluding hydrogens is 157 g/mol. The molecule has 0 bridgehead atoms. The highest BCUT2D eigenvalue weighted by molar-refractivity contribution is 5.61. The molecule has 1 heterocycles. The van der Waals surface area contributed by atoms with Crippen molar-refractivity contribution in [1.82, 2.24) is 5.16 Å². The Labute approximate surface area is 71.1 Å². The molecular formula is C9H12FNO. The zero-order chi connectivity index (χ0) is 8.97. The third-order valence-corrected chi connectivity index (χ3v) is 1.75. The lowest BCUT2D eigenvalue weighted by molar-refractivity contribution is 0.329. The first kappa shape index (κ1) is 8.97. The minimum atomic E-state index is -0.590. The monoisotopic (exact) mass is 169 g/mol. The molecule has 0 saturated carbocycles. The third kappa shape index (κ3) is 1.72. The van der Waals surface area contributed by atoms with Gasteiger partial charge in [-0.15, -0.1) is 0 Å². The maximum atomic E-state index is 12.1. The number of allylic oxidation sites excluding steroid dienone is 2. The average molecular weight is 169 g/mol. The Morgan fingerprint density at radius 3 is 2.92 bits per heavy atom. The molecule has 1 aromatic heterocycles. The van der Waals surface area contributed by atoms with Gasteiger partial charge in [0.05, 0.1) is 0 Å². The Kier molecular flexibility index (Phi) is 3.02. The molecule has 0 unspecified atom stereocenters. The van der Waals surface area contributed by atoms with Crippen molar-refractivity contribution in [3.63, 3.8) is 0 Å². The number of hydrogen-bond acceptors (Lipinski definition) is 2. The molecule has 0 radical (unpaired) electrons. The topological polar surface area (TPSA) is 26.0 Å². The summed E-state index contributed by atoms with van der Waals surface area (Å²) in [7, 11) is 0. The standard InChI is InChI=1S/C9H12FNO/c1-3-7(4-2)9-5-8(6-10)12-11-9/h3,5H,4,6H2,1-2H3. The highest BCUT2D eigenvalue weighted by Crippen LogP contribution is 2.17. The van der Waals surface area contributed by atoms with E-state index in [-0.39, 0.29) is 5.76 Å². The molecule has 3 heteroatoms. The van der Waals surface area contributed by atoms with E-state index in [0.29, 0.717) is 0 Å². The van der Waals surface area contributed by atoms with Crippen LogP contribution in [0.1, 0.15) is 31.7 Å². The quantitative estimate of drug-likeness (QED) is 0.695. The van der Waals surface area contributed by atoms with Crippen LogP contribution >= 0.6 is 0 Å². The molecule has 0 spiro atoms. The Balaban J connectivity index is 2.87. The number of aromatic nitrogens is 1. The van der Waals surface area contributed by atoms with Crippen molar-refractivity contribution in [2.45, 2.75) is 26.9 Å². The Bertz CT molecular complexity index is 278. The first-order valence-electron chi connectivity index (χ1n) is 3.99. The van der Waals surface area contributed by atoms with Crippen LogP contribution in [0.2, 0.25) is 0 Å². The highest BCUT2D eigenvalue weighted by Gasteiger charge is 2.05. The van der Waals surface area contributed by atoms with Gasteiger partial charge >= 0.3 is 0 Å². The van der Waals surface area contributed by atoms with E-state index < -0.39 is 6.67 Å². The van der Waals surface area contributed by atoms with Gasteiger partial charge < -0.3 is 4.52 Å². The molecule has 1 aromatic rings. The van der Waals surface area contributed by atoms with Crippen molar-refractivity contribution in [1.29, 1.82) is 0 Å². The van der Waals surface area contributed by atoms with Gasteiger partial charge in [-0.25, -0.2) is 4.39 Å². The molecule has 66 valence electrons. The number of alkyl halides is 1. The minimum absolute atomic E-state index is 0.290. The Hall–Kier alpha value is -1.12. The SMILES string of the molecule is CC=C(CC)c1cc(CF)on1. The number of halogens is 1. The summed E-state index contributed by atoms with van der Waals surface area (Å²) in [5, 5.41) is 3.75. The highest BCUT2D eigenvalue weighted by atomic mass is 19.1. The molecule has 0 fully saturated rings. The number of nitrogens with zero attached hydrogens (tertiary/aromatic N) is 1. The van der Waals surface area contributed by atoms with Crippen molar-refractivity contribution in [2.75, 3.05) is 0 Å². The zero-order valence-electron chi connectivity index (χ0n) is 7.30. The molecule has 2 nitrogen and oxygen atoms in total. The summed E-state index contributed by atoms with van der Waals surface area (Å²) in [6.07, 6.45) is 2.84. The number of rotatable bonds is 3. The van der Waals surface area contributed by atoms with Crippen molar-refractivity contribution in [2.24, 2.45) is 0 Å². The minimum Gasteiger partial charge on any atom is -0.358 e. The van der Waals surface area contributed by atoms with E-state index in [2.05, 4.69) is 5.16 Å². The lowest BCUT2D eigenvalue weighted by atomic mass is 10.1. The fraction of sp³-hybridized carbons (Fsp3) is 0.444. The largest absolute Gasteiger partial charge is 0.358 e. The fourth-order valence-electron chi connectivity index (χ4n) is 1.06. The predicted octanol–water partition coefficient (Wildman–Crippen LogP) is 2.96. The summed E-state index contributed by atoms with van der Waals surface area (Å²) in [5.74, 6) is 0.290. The molecule has 0 amide bonds. The molecule has 0 aliphatic carbocycles. The fourth-order valence-corrected chi connectivity index (χ4v) is 1.06. The number of hydrogen-bond donors (Lipinski definition) is 0. The second-order valence-corrected chi connectivity index (χ2v) is 2.48. The van der Waals surface area contributed by atoms with Crippen LogP contribution in [0.25, 0.3) is 5.57 Å². The van der Waals surface area contributed by atoms with Gasteiger partial charge in [0.25, 0.3) is 0 Å². The molecule has 0 aliphatic rings. The van der Waals surface area contributed by atoms with E-state index >= 15 is 0 Å². The first-order valence-corrected chi connectivity index (χ1v) is 3.99. The summed E-state index contributed by atoms with van der Waals surface area (Å²) in [6.45, 7) is 3.37. The van der Waals surface area contributed by atoms with Crippen molar-refractivity contribution in [3.05, 3.63) is 23.6 Å².